The van der Waals surface area contributed by atoms with E-state index in [1.54, 1.807) is 6.20 Å². The third-order valence-electron chi connectivity index (χ3n) is 6.11. The van der Waals surface area contributed by atoms with Gasteiger partial charge in [-0.1, -0.05) is 0 Å². The van der Waals surface area contributed by atoms with Crippen molar-refractivity contribution < 1.29 is 19.0 Å². The number of hydrogen-bond acceptors (Lipinski definition) is 7. The number of pyridine rings is 1. The highest BCUT2D eigenvalue weighted by Gasteiger charge is 2.26. The molecule has 2 N–H and O–H groups in total. The minimum absolute atomic E-state index is 0.0551. The van der Waals surface area contributed by atoms with Gasteiger partial charge in [-0.25, -0.2) is 15.0 Å². The maximum Gasteiger partial charge on any atom is 0.224 e. The van der Waals surface area contributed by atoms with Gasteiger partial charge in [0.2, 0.25) is 11.8 Å². The van der Waals surface area contributed by atoms with E-state index in [1.807, 2.05) is 13.1 Å². The highest BCUT2D eigenvalue weighted by Crippen LogP contribution is 2.38. The number of aliphatic hydroxyl groups is 1. The Morgan fingerprint density at radius 2 is 1.93 bits per heavy atom. The number of anilines is 1. The van der Waals surface area contributed by atoms with E-state index in [9.17, 15) is 9.50 Å². The second-order valence-electron chi connectivity index (χ2n) is 8.43. The van der Waals surface area contributed by atoms with E-state index < -0.39 is 0 Å². The summed E-state index contributed by atoms with van der Waals surface area (Å²) in [6, 6.07) is -0.0551. The van der Waals surface area contributed by atoms with Crippen LogP contribution >= 0.6 is 0 Å². The number of ether oxygens (including phenoxy) is 2. The van der Waals surface area contributed by atoms with Crippen LogP contribution in [0.3, 0.4) is 0 Å². The molecular formula is C22H31FN4O3. The summed E-state index contributed by atoms with van der Waals surface area (Å²) in [4.78, 5) is 13.9. The SMILES string of the molecule is C[C@@H](CCF)Nc1ncc2c(OC3CCOCC3)ncc(C3CCC(O)CC3)c2n1. The molecule has 2 aromatic rings. The summed E-state index contributed by atoms with van der Waals surface area (Å²) < 4.78 is 24.3. The summed E-state index contributed by atoms with van der Waals surface area (Å²) in [5, 5.41) is 13.9. The maximum absolute atomic E-state index is 12.7. The van der Waals surface area contributed by atoms with Gasteiger partial charge in [0.15, 0.2) is 0 Å². The van der Waals surface area contributed by atoms with Crippen molar-refractivity contribution in [1.29, 1.82) is 0 Å². The minimum atomic E-state index is -0.385. The van der Waals surface area contributed by atoms with Gasteiger partial charge in [0.05, 0.1) is 36.9 Å². The molecule has 7 nitrogen and oxygen atoms in total. The van der Waals surface area contributed by atoms with Crippen LogP contribution in [0.4, 0.5) is 10.3 Å². The number of fused-ring (bicyclic) bond motifs is 1. The van der Waals surface area contributed by atoms with Crippen molar-refractivity contribution >= 4 is 16.9 Å². The number of nitrogens with one attached hydrogen (secondary N) is 1. The standard InChI is InChI=1S/C22H31FN4O3/c1-14(6-9-23)26-22-25-13-19-20(27-22)18(15-2-4-16(28)5-3-15)12-24-21(19)30-17-7-10-29-11-8-17/h12-17,28H,2-11H2,1H3,(H,25,26,27)/t14-,15?,16?/m0/s1. The molecule has 2 fully saturated rings. The summed E-state index contributed by atoms with van der Waals surface area (Å²) in [6.07, 6.45) is 8.97. The molecule has 0 bridgehead atoms. The van der Waals surface area contributed by atoms with Crippen molar-refractivity contribution in [3.63, 3.8) is 0 Å². The van der Waals surface area contributed by atoms with Crippen molar-refractivity contribution in [3.05, 3.63) is 18.0 Å². The van der Waals surface area contributed by atoms with Gasteiger partial charge in [0.1, 0.15) is 6.10 Å². The Labute approximate surface area is 176 Å². The highest BCUT2D eigenvalue weighted by atomic mass is 19.1. The summed E-state index contributed by atoms with van der Waals surface area (Å²) >= 11 is 0. The Kier molecular flexibility index (Phi) is 6.94. The van der Waals surface area contributed by atoms with E-state index in [1.165, 1.54) is 0 Å². The fourth-order valence-corrected chi connectivity index (χ4v) is 4.27. The molecule has 0 radical (unpaired) electrons. The van der Waals surface area contributed by atoms with Crippen LogP contribution in [0, 0.1) is 0 Å². The molecule has 1 saturated heterocycles. The molecule has 0 spiro atoms. The normalized spacial score (nSPS) is 24.0. The zero-order valence-electron chi connectivity index (χ0n) is 17.5. The number of hydrogen-bond donors (Lipinski definition) is 2. The molecule has 1 aliphatic carbocycles. The molecule has 3 heterocycles. The molecule has 0 unspecified atom stereocenters. The predicted octanol–water partition coefficient (Wildman–Crippen LogP) is 3.76. The fraction of sp³-hybridized carbons (Fsp3) is 0.682. The van der Waals surface area contributed by atoms with Crippen LogP contribution in [0.25, 0.3) is 10.9 Å². The zero-order valence-corrected chi connectivity index (χ0v) is 17.5. The lowest BCUT2D eigenvalue weighted by atomic mass is 9.83. The van der Waals surface area contributed by atoms with Crippen LogP contribution in [0.2, 0.25) is 0 Å². The van der Waals surface area contributed by atoms with Crippen LogP contribution in [0.15, 0.2) is 12.4 Å². The molecule has 2 aromatic heterocycles. The fourth-order valence-electron chi connectivity index (χ4n) is 4.27. The summed E-state index contributed by atoms with van der Waals surface area (Å²) in [5.74, 6) is 1.34. The van der Waals surface area contributed by atoms with Gasteiger partial charge in [-0.05, 0) is 44.9 Å². The smallest absolute Gasteiger partial charge is 0.224 e. The van der Waals surface area contributed by atoms with Crippen molar-refractivity contribution in [2.75, 3.05) is 25.2 Å². The van der Waals surface area contributed by atoms with Gasteiger partial charge in [-0.2, -0.15) is 0 Å². The minimum Gasteiger partial charge on any atom is -0.474 e. The highest BCUT2D eigenvalue weighted by molar-refractivity contribution is 5.86. The second-order valence-corrected chi connectivity index (χ2v) is 8.43. The number of aromatic nitrogens is 3. The summed E-state index contributed by atoms with van der Waals surface area (Å²) in [7, 11) is 0. The molecule has 1 aliphatic heterocycles. The van der Waals surface area contributed by atoms with Crippen molar-refractivity contribution in [1.82, 2.24) is 15.0 Å². The van der Waals surface area contributed by atoms with Gasteiger partial charge in [-0.3, -0.25) is 4.39 Å². The lowest BCUT2D eigenvalue weighted by molar-refractivity contribution is 0.0244. The summed E-state index contributed by atoms with van der Waals surface area (Å²) in [6.45, 7) is 2.93. The van der Waals surface area contributed by atoms with Crippen LogP contribution in [-0.2, 0) is 4.74 Å². The van der Waals surface area contributed by atoms with E-state index in [0.717, 1.165) is 55.0 Å². The Morgan fingerprint density at radius 3 is 2.67 bits per heavy atom. The van der Waals surface area contributed by atoms with Crippen molar-refractivity contribution in [2.45, 2.75) is 76.0 Å². The van der Waals surface area contributed by atoms with Crippen LogP contribution in [0.1, 0.15) is 63.4 Å². The number of halogens is 1. The topological polar surface area (TPSA) is 89.4 Å². The molecule has 2 aliphatic rings. The lowest BCUT2D eigenvalue weighted by Gasteiger charge is -2.27. The van der Waals surface area contributed by atoms with E-state index in [-0.39, 0.29) is 24.9 Å². The second kappa shape index (κ2) is 9.83. The Hall–Kier alpha value is -2.06. The molecule has 164 valence electrons. The first-order chi connectivity index (χ1) is 14.6. The molecule has 1 atom stereocenters. The average molecular weight is 419 g/mol. The predicted molar refractivity (Wildman–Crippen MR) is 113 cm³/mol. The van der Waals surface area contributed by atoms with Crippen LogP contribution in [0.5, 0.6) is 5.88 Å². The Morgan fingerprint density at radius 1 is 1.17 bits per heavy atom. The number of aliphatic hydroxyl groups excluding tert-OH is 1. The quantitative estimate of drug-likeness (QED) is 0.708. The molecule has 30 heavy (non-hydrogen) atoms. The molecule has 1 saturated carbocycles. The molecule has 4 rings (SSSR count). The Bertz CT molecular complexity index is 838. The van der Waals surface area contributed by atoms with Crippen molar-refractivity contribution in [3.8, 4) is 5.88 Å². The van der Waals surface area contributed by atoms with E-state index >= 15 is 0 Å². The molecule has 0 aromatic carbocycles. The molecule has 8 heteroatoms. The van der Waals surface area contributed by atoms with E-state index in [2.05, 4.69) is 15.3 Å². The van der Waals surface area contributed by atoms with Crippen molar-refractivity contribution in [2.24, 2.45) is 0 Å². The first-order valence-corrected chi connectivity index (χ1v) is 11.0. The van der Waals surface area contributed by atoms with E-state index in [4.69, 9.17) is 14.5 Å². The average Bonchev–Trinajstić information content (AvgIpc) is 2.75. The first-order valence-electron chi connectivity index (χ1n) is 11.0. The molecular weight excluding hydrogens is 387 g/mol. The number of nitrogens with zero attached hydrogens (tertiary/aromatic N) is 3. The van der Waals surface area contributed by atoms with Crippen LogP contribution in [-0.4, -0.2) is 58.2 Å². The maximum atomic E-state index is 12.7. The first kappa shape index (κ1) is 21.2. The van der Waals surface area contributed by atoms with Crippen LogP contribution < -0.4 is 10.1 Å². The third kappa shape index (κ3) is 4.98. The third-order valence-corrected chi connectivity index (χ3v) is 6.11. The number of alkyl halides is 1. The number of rotatable bonds is 7. The van der Waals surface area contributed by atoms with Gasteiger partial charge in [-0.15, -0.1) is 0 Å². The van der Waals surface area contributed by atoms with Gasteiger partial charge in [0, 0.05) is 36.8 Å². The zero-order chi connectivity index (χ0) is 20.9. The van der Waals surface area contributed by atoms with E-state index in [0.29, 0.717) is 37.4 Å². The molecule has 0 amide bonds. The lowest BCUT2D eigenvalue weighted by Crippen LogP contribution is -2.26. The van der Waals surface area contributed by atoms with Gasteiger partial charge < -0.3 is 19.9 Å². The van der Waals surface area contributed by atoms with Gasteiger partial charge in [0.25, 0.3) is 0 Å². The van der Waals surface area contributed by atoms with Gasteiger partial charge >= 0.3 is 0 Å². The monoisotopic (exact) mass is 418 g/mol. The summed E-state index contributed by atoms with van der Waals surface area (Å²) in [5.41, 5.74) is 1.90. The largest absolute Gasteiger partial charge is 0.474 e. The Balaban J connectivity index is 1.67.